The van der Waals surface area contributed by atoms with E-state index in [1.165, 1.54) is 0 Å². The summed E-state index contributed by atoms with van der Waals surface area (Å²) in [6.07, 6.45) is 2.95. The van der Waals surface area contributed by atoms with Crippen molar-refractivity contribution < 1.29 is 0 Å². The molecule has 0 bridgehead atoms. The number of hydrogen-bond acceptors (Lipinski definition) is 3. The summed E-state index contributed by atoms with van der Waals surface area (Å²) in [6, 6.07) is 11.4. The van der Waals surface area contributed by atoms with E-state index in [1.807, 2.05) is 24.4 Å². The molecule has 0 fully saturated rings. The molecule has 148 valence electrons. The van der Waals surface area contributed by atoms with E-state index in [4.69, 9.17) is 0 Å². The van der Waals surface area contributed by atoms with E-state index in [0.717, 1.165) is 42.6 Å². The molecule has 27 heavy (non-hydrogen) atoms. The summed E-state index contributed by atoms with van der Waals surface area (Å²) in [5.74, 6) is 1.69. The number of aromatic amines is 1. The van der Waals surface area contributed by atoms with E-state index in [1.54, 1.807) is 7.05 Å². The lowest BCUT2D eigenvalue weighted by molar-refractivity contribution is 0.173. The Labute approximate surface area is 163 Å². The molecule has 0 unspecified atom stereocenters. The van der Waals surface area contributed by atoms with Gasteiger partial charge in [0, 0.05) is 32.2 Å². The Bertz CT molecular complexity index is 682. The van der Waals surface area contributed by atoms with Crippen molar-refractivity contribution in [1.82, 2.24) is 25.5 Å². The normalized spacial score (nSPS) is 12.2. The topological polar surface area (TPSA) is 68.3 Å². The first-order valence-electron chi connectivity index (χ1n) is 9.80. The van der Waals surface area contributed by atoms with Crippen LogP contribution >= 0.6 is 0 Å². The average Bonchev–Trinajstić information content (AvgIpc) is 3.13. The standard InChI is InChI=1S/C21H34N6/c1-16(2)27(17(3)4)13-9-12-23-21(22-5)25-15-20-24-14-19(26-20)18-10-7-6-8-11-18/h6-8,10-11,14,16-17H,9,12-13,15H2,1-5H3,(H,24,26)(H2,22,23,25). The SMILES string of the molecule is CN=C(NCCCN(C(C)C)C(C)C)NCc1ncc(-c2ccccc2)[nH]1. The van der Waals surface area contributed by atoms with Crippen LogP contribution in [0, 0.1) is 0 Å². The zero-order chi connectivity index (χ0) is 19.6. The van der Waals surface area contributed by atoms with Gasteiger partial charge < -0.3 is 15.6 Å². The van der Waals surface area contributed by atoms with E-state index in [2.05, 4.69) is 70.3 Å². The van der Waals surface area contributed by atoms with E-state index in [9.17, 15) is 0 Å². The summed E-state index contributed by atoms with van der Waals surface area (Å²) in [5, 5.41) is 6.70. The number of imidazole rings is 1. The highest BCUT2D eigenvalue weighted by atomic mass is 15.2. The molecule has 0 saturated carbocycles. The van der Waals surface area contributed by atoms with Gasteiger partial charge in [0.1, 0.15) is 5.82 Å². The number of H-pyrrole nitrogens is 1. The van der Waals surface area contributed by atoms with Gasteiger partial charge in [-0.25, -0.2) is 4.98 Å². The van der Waals surface area contributed by atoms with Gasteiger partial charge in [-0.05, 0) is 39.7 Å². The zero-order valence-corrected chi connectivity index (χ0v) is 17.3. The van der Waals surface area contributed by atoms with Gasteiger partial charge in [-0.1, -0.05) is 30.3 Å². The van der Waals surface area contributed by atoms with Gasteiger partial charge >= 0.3 is 0 Å². The third-order valence-electron chi connectivity index (χ3n) is 4.57. The van der Waals surface area contributed by atoms with Crippen LogP contribution in [0.4, 0.5) is 0 Å². The second-order valence-electron chi connectivity index (χ2n) is 7.24. The summed E-state index contributed by atoms with van der Waals surface area (Å²) >= 11 is 0. The molecule has 1 aromatic carbocycles. The molecule has 0 saturated heterocycles. The van der Waals surface area contributed by atoms with Gasteiger partial charge in [0.2, 0.25) is 0 Å². The van der Waals surface area contributed by atoms with Crippen molar-refractivity contribution in [1.29, 1.82) is 0 Å². The van der Waals surface area contributed by atoms with Crippen LogP contribution in [0.25, 0.3) is 11.3 Å². The van der Waals surface area contributed by atoms with Crippen molar-refractivity contribution in [2.75, 3.05) is 20.1 Å². The highest BCUT2D eigenvalue weighted by Crippen LogP contribution is 2.15. The number of rotatable bonds is 9. The average molecular weight is 371 g/mol. The van der Waals surface area contributed by atoms with Gasteiger partial charge in [0.25, 0.3) is 0 Å². The monoisotopic (exact) mass is 370 g/mol. The van der Waals surface area contributed by atoms with Crippen LogP contribution in [0.5, 0.6) is 0 Å². The molecule has 0 radical (unpaired) electrons. The fraction of sp³-hybridized carbons (Fsp3) is 0.524. The Morgan fingerprint density at radius 2 is 1.81 bits per heavy atom. The third kappa shape index (κ3) is 6.71. The number of aliphatic imine (C=N–C) groups is 1. The van der Waals surface area contributed by atoms with Crippen LogP contribution in [-0.4, -0.2) is 53.0 Å². The third-order valence-corrected chi connectivity index (χ3v) is 4.57. The number of nitrogens with zero attached hydrogens (tertiary/aromatic N) is 3. The smallest absolute Gasteiger partial charge is 0.191 e. The minimum atomic E-state index is 0.570. The molecule has 6 heteroatoms. The minimum Gasteiger partial charge on any atom is -0.356 e. The first kappa shape index (κ1) is 21.0. The molecular formula is C21H34N6. The molecule has 1 aromatic heterocycles. The number of hydrogen-bond donors (Lipinski definition) is 3. The second-order valence-corrected chi connectivity index (χ2v) is 7.24. The molecule has 0 aliphatic rings. The molecule has 0 aliphatic carbocycles. The van der Waals surface area contributed by atoms with E-state index >= 15 is 0 Å². The largest absolute Gasteiger partial charge is 0.356 e. The summed E-state index contributed by atoms with van der Waals surface area (Å²) in [6.45, 7) is 11.6. The lowest BCUT2D eigenvalue weighted by Gasteiger charge is -2.30. The van der Waals surface area contributed by atoms with Crippen molar-refractivity contribution in [2.45, 2.75) is 52.7 Å². The first-order chi connectivity index (χ1) is 13.0. The highest BCUT2D eigenvalue weighted by Gasteiger charge is 2.12. The minimum absolute atomic E-state index is 0.570. The van der Waals surface area contributed by atoms with Crippen LogP contribution in [0.3, 0.4) is 0 Å². The lowest BCUT2D eigenvalue weighted by atomic mass is 10.2. The van der Waals surface area contributed by atoms with E-state index in [0.29, 0.717) is 18.6 Å². The molecule has 3 N–H and O–H groups in total. The maximum Gasteiger partial charge on any atom is 0.191 e. The van der Waals surface area contributed by atoms with Crippen LogP contribution in [0.1, 0.15) is 39.9 Å². The van der Waals surface area contributed by atoms with E-state index in [-0.39, 0.29) is 0 Å². The molecular weight excluding hydrogens is 336 g/mol. The zero-order valence-electron chi connectivity index (χ0n) is 17.3. The lowest BCUT2D eigenvalue weighted by Crippen LogP contribution is -2.41. The quantitative estimate of drug-likeness (QED) is 0.360. The van der Waals surface area contributed by atoms with Gasteiger partial charge in [-0.15, -0.1) is 0 Å². The van der Waals surface area contributed by atoms with Gasteiger partial charge in [0.15, 0.2) is 5.96 Å². The van der Waals surface area contributed by atoms with Crippen LogP contribution < -0.4 is 10.6 Å². The van der Waals surface area contributed by atoms with Gasteiger partial charge in [0.05, 0.1) is 18.4 Å². The van der Waals surface area contributed by atoms with Crippen LogP contribution in [-0.2, 0) is 6.54 Å². The molecule has 0 spiro atoms. The van der Waals surface area contributed by atoms with Crippen LogP contribution in [0.2, 0.25) is 0 Å². The fourth-order valence-electron chi connectivity index (χ4n) is 3.19. The summed E-state index contributed by atoms with van der Waals surface area (Å²) in [5.41, 5.74) is 2.16. The number of nitrogens with one attached hydrogen (secondary N) is 3. The Morgan fingerprint density at radius 1 is 1.11 bits per heavy atom. The Hall–Kier alpha value is -2.34. The Kier molecular flexibility index (Phi) is 8.33. The maximum atomic E-state index is 4.45. The first-order valence-corrected chi connectivity index (χ1v) is 9.80. The molecule has 1 heterocycles. The Balaban J connectivity index is 1.75. The van der Waals surface area contributed by atoms with Crippen molar-refractivity contribution in [3.05, 3.63) is 42.4 Å². The molecule has 0 aliphatic heterocycles. The summed E-state index contributed by atoms with van der Waals surface area (Å²) in [4.78, 5) is 14.6. The van der Waals surface area contributed by atoms with Gasteiger partial charge in [-0.3, -0.25) is 9.89 Å². The fourth-order valence-corrected chi connectivity index (χ4v) is 3.19. The molecule has 0 amide bonds. The summed E-state index contributed by atoms with van der Waals surface area (Å²) < 4.78 is 0. The van der Waals surface area contributed by atoms with Crippen molar-refractivity contribution >= 4 is 5.96 Å². The maximum absolute atomic E-state index is 4.45. The Morgan fingerprint density at radius 3 is 2.44 bits per heavy atom. The number of guanidine groups is 1. The van der Waals surface area contributed by atoms with Crippen molar-refractivity contribution in [3.8, 4) is 11.3 Å². The highest BCUT2D eigenvalue weighted by molar-refractivity contribution is 5.79. The molecule has 6 nitrogen and oxygen atoms in total. The van der Waals surface area contributed by atoms with Gasteiger partial charge in [-0.2, -0.15) is 0 Å². The van der Waals surface area contributed by atoms with Crippen molar-refractivity contribution in [3.63, 3.8) is 0 Å². The second kappa shape index (κ2) is 10.7. The van der Waals surface area contributed by atoms with E-state index < -0.39 is 0 Å². The molecule has 2 rings (SSSR count). The predicted molar refractivity (Wildman–Crippen MR) is 114 cm³/mol. The molecule has 2 aromatic rings. The van der Waals surface area contributed by atoms with Crippen molar-refractivity contribution in [2.24, 2.45) is 4.99 Å². The number of benzene rings is 1. The predicted octanol–water partition coefficient (Wildman–Crippen LogP) is 3.25. The number of aromatic nitrogens is 2. The molecule has 0 atom stereocenters. The summed E-state index contributed by atoms with van der Waals surface area (Å²) in [7, 11) is 1.79. The van der Waals surface area contributed by atoms with Crippen LogP contribution in [0.15, 0.2) is 41.5 Å².